The van der Waals surface area contributed by atoms with Crippen LogP contribution in [0.5, 0.6) is 5.75 Å². The van der Waals surface area contributed by atoms with E-state index in [4.69, 9.17) is 4.74 Å². The van der Waals surface area contributed by atoms with Crippen molar-refractivity contribution in [1.82, 2.24) is 4.90 Å². The van der Waals surface area contributed by atoms with Gasteiger partial charge >= 0.3 is 6.18 Å². The van der Waals surface area contributed by atoms with Crippen molar-refractivity contribution < 1.29 is 27.1 Å². The summed E-state index contributed by atoms with van der Waals surface area (Å²) >= 11 is 0. The number of alkyl halides is 3. The maximum atomic E-state index is 13.5. The maximum absolute atomic E-state index is 13.5. The lowest BCUT2D eigenvalue weighted by molar-refractivity contribution is -0.137. The van der Waals surface area contributed by atoms with E-state index in [1.165, 1.54) is 30.3 Å². The average molecular weight is 384 g/mol. The van der Waals surface area contributed by atoms with Crippen LogP contribution in [0.25, 0.3) is 0 Å². The monoisotopic (exact) mass is 384 g/mol. The molecule has 8 heteroatoms. The number of carbonyl (C=O) groups excluding carboxylic acids is 1. The minimum Gasteiger partial charge on any atom is -0.489 e. The van der Waals surface area contributed by atoms with Gasteiger partial charge in [-0.05, 0) is 38.2 Å². The number of ether oxygens (including phenoxy) is 1. The van der Waals surface area contributed by atoms with Gasteiger partial charge in [-0.15, -0.1) is 0 Å². The molecule has 0 saturated heterocycles. The van der Waals surface area contributed by atoms with Crippen molar-refractivity contribution in [2.24, 2.45) is 0 Å². The second kappa shape index (κ2) is 8.85. The molecular formula is C19H20F4N2O2. The zero-order valence-electron chi connectivity index (χ0n) is 14.9. The first-order valence-corrected chi connectivity index (χ1v) is 8.25. The molecule has 0 aliphatic heterocycles. The first-order chi connectivity index (χ1) is 12.7. The van der Waals surface area contributed by atoms with Crippen molar-refractivity contribution in [1.29, 1.82) is 0 Å². The van der Waals surface area contributed by atoms with E-state index < -0.39 is 29.5 Å². The lowest BCUT2D eigenvalue weighted by Gasteiger charge is -2.24. The molecule has 0 saturated carbocycles. The van der Waals surface area contributed by atoms with Gasteiger partial charge in [-0.2, -0.15) is 13.2 Å². The number of benzene rings is 2. The summed E-state index contributed by atoms with van der Waals surface area (Å²) in [7, 11) is 1.63. The van der Waals surface area contributed by atoms with E-state index in [1.807, 2.05) is 0 Å². The van der Waals surface area contributed by atoms with E-state index in [-0.39, 0.29) is 24.6 Å². The lowest BCUT2D eigenvalue weighted by Crippen LogP contribution is -2.41. The number of halogens is 4. The van der Waals surface area contributed by atoms with Gasteiger partial charge in [-0.1, -0.05) is 24.3 Å². The number of anilines is 1. The molecule has 0 fully saturated rings. The summed E-state index contributed by atoms with van der Waals surface area (Å²) in [6, 6.07) is 10.0. The first-order valence-electron chi connectivity index (χ1n) is 8.25. The second-order valence-corrected chi connectivity index (χ2v) is 5.97. The Labute approximate surface area is 154 Å². The molecule has 2 aromatic carbocycles. The molecule has 0 heterocycles. The number of rotatable bonds is 7. The minimum absolute atomic E-state index is 0.0992. The normalized spacial score (nSPS) is 12.7. The SMILES string of the molecule is CC(C(=O)Nc1ccccc1C(F)(F)F)N(C)CCOc1ccccc1F. The molecule has 0 aliphatic rings. The molecular weight excluding hydrogens is 364 g/mol. The van der Waals surface area contributed by atoms with Gasteiger partial charge in [-0.25, -0.2) is 4.39 Å². The molecule has 2 aromatic rings. The van der Waals surface area contributed by atoms with Crippen molar-refractivity contribution in [3.63, 3.8) is 0 Å². The van der Waals surface area contributed by atoms with Crippen LogP contribution in [0.3, 0.4) is 0 Å². The summed E-state index contributed by atoms with van der Waals surface area (Å²) in [5.74, 6) is -0.975. The van der Waals surface area contributed by atoms with Crippen LogP contribution in [-0.4, -0.2) is 37.0 Å². The quantitative estimate of drug-likeness (QED) is 0.728. The van der Waals surface area contributed by atoms with Gasteiger partial charge in [0.25, 0.3) is 0 Å². The fourth-order valence-electron chi connectivity index (χ4n) is 2.33. The number of amides is 1. The van der Waals surface area contributed by atoms with Crippen LogP contribution in [-0.2, 0) is 11.0 Å². The van der Waals surface area contributed by atoms with E-state index in [0.717, 1.165) is 6.07 Å². The zero-order chi connectivity index (χ0) is 20.0. The van der Waals surface area contributed by atoms with Crippen LogP contribution < -0.4 is 10.1 Å². The summed E-state index contributed by atoms with van der Waals surface area (Å²) in [4.78, 5) is 13.9. The highest BCUT2D eigenvalue weighted by Crippen LogP contribution is 2.34. The van der Waals surface area contributed by atoms with E-state index in [9.17, 15) is 22.4 Å². The smallest absolute Gasteiger partial charge is 0.418 e. The Hall–Kier alpha value is -2.61. The summed E-state index contributed by atoms with van der Waals surface area (Å²) in [5.41, 5.74) is -1.20. The Morgan fingerprint density at radius 3 is 2.44 bits per heavy atom. The maximum Gasteiger partial charge on any atom is 0.418 e. The largest absolute Gasteiger partial charge is 0.489 e. The van der Waals surface area contributed by atoms with E-state index in [1.54, 1.807) is 31.0 Å². The van der Waals surface area contributed by atoms with E-state index in [0.29, 0.717) is 0 Å². The number of nitrogens with zero attached hydrogens (tertiary/aromatic N) is 1. The molecule has 0 aliphatic carbocycles. The fourth-order valence-corrected chi connectivity index (χ4v) is 2.33. The molecule has 1 unspecified atom stereocenters. The Balaban J connectivity index is 1.92. The molecule has 0 bridgehead atoms. The van der Waals surface area contributed by atoms with Crippen LogP contribution >= 0.6 is 0 Å². The van der Waals surface area contributed by atoms with Crippen LogP contribution in [0.15, 0.2) is 48.5 Å². The highest BCUT2D eigenvalue weighted by Gasteiger charge is 2.34. The Bertz CT molecular complexity index is 780. The molecule has 146 valence electrons. The van der Waals surface area contributed by atoms with Gasteiger partial charge < -0.3 is 10.1 Å². The van der Waals surface area contributed by atoms with Gasteiger partial charge in [0.05, 0.1) is 17.3 Å². The van der Waals surface area contributed by atoms with E-state index in [2.05, 4.69) is 5.32 Å². The lowest BCUT2D eigenvalue weighted by atomic mass is 10.1. The third kappa shape index (κ3) is 5.68. The third-order valence-electron chi connectivity index (χ3n) is 4.07. The summed E-state index contributed by atoms with van der Waals surface area (Å²) in [6.07, 6.45) is -4.56. The summed E-state index contributed by atoms with van der Waals surface area (Å²) < 4.78 is 57.8. The molecule has 27 heavy (non-hydrogen) atoms. The molecule has 1 N–H and O–H groups in total. The molecule has 0 aromatic heterocycles. The zero-order valence-corrected chi connectivity index (χ0v) is 14.9. The number of likely N-dealkylation sites (N-methyl/N-ethyl adjacent to an activating group) is 1. The number of para-hydroxylation sites is 2. The van der Waals surface area contributed by atoms with Gasteiger partial charge in [0.1, 0.15) is 6.61 Å². The van der Waals surface area contributed by atoms with Crippen molar-refractivity contribution in [2.75, 3.05) is 25.5 Å². The molecule has 1 amide bonds. The Morgan fingerprint density at radius 1 is 1.15 bits per heavy atom. The van der Waals surface area contributed by atoms with Gasteiger partial charge in [0.2, 0.25) is 5.91 Å². The van der Waals surface area contributed by atoms with Crippen molar-refractivity contribution in [3.05, 3.63) is 59.9 Å². The summed E-state index contributed by atoms with van der Waals surface area (Å²) in [5, 5.41) is 2.31. The first kappa shape index (κ1) is 20.7. The molecule has 4 nitrogen and oxygen atoms in total. The summed E-state index contributed by atoms with van der Waals surface area (Å²) in [6.45, 7) is 1.96. The van der Waals surface area contributed by atoms with E-state index >= 15 is 0 Å². The van der Waals surface area contributed by atoms with Gasteiger partial charge in [-0.3, -0.25) is 9.69 Å². The minimum atomic E-state index is -4.56. The third-order valence-corrected chi connectivity index (χ3v) is 4.07. The number of hydrogen-bond donors (Lipinski definition) is 1. The second-order valence-electron chi connectivity index (χ2n) is 5.97. The van der Waals surface area contributed by atoms with Crippen LogP contribution in [0, 0.1) is 5.82 Å². The number of nitrogens with one attached hydrogen (secondary N) is 1. The number of hydrogen-bond acceptors (Lipinski definition) is 3. The van der Waals surface area contributed by atoms with Gasteiger partial charge in [0, 0.05) is 6.54 Å². The Morgan fingerprint density at radius 2 is 1.78 bits per heavy atom. The fraction of sp³-hybridized carbons (Fsp3) is 0.316. The van der Waals surface area contributed by atoms with Crippen molar-refractivity contribution in [2.45, 2.75) is 19.1 Å². The van der Waals surface area contributed by atoms with Crippen molar-refractivity contribution in [3.8, 4) is 5.75 Å². The van der Waals surface area contributed by atoms with Gasteiger partial charge in [0.15, 0.2) is 11.6 Å². The van der Waals surface area contributed by atoms with Crippen LogP contribution in [0.2, 0.25) is 0 Å². The predicted molar refractivity (Wildman–Crippen MR) is 94.1 cm³/mol. The molecule has 1 atom stereocenters. The predicted octanol–water partition coefficient (Wildman–Crippen LogP) is 4.18. The average Bonchev–Trinajstić information content (AvgIpc) is 2.62. The molecule has 0 radical (unpaired) electrons. The van der Waals surface area contributed by atoms with Crippen molar-refractivity contribution >= 4 is 11.6 Å². The highest BCUT2D eigenvalue weighted by atomic mass is 19.4. The molecule has 2 rings (SSSR count). The standard InChI is InChI=1S/C19H20F4N2O2/c1-13(25(2)11-12-27-17-10-6-4-8-15(17)20)18(26)24-16-9-5-3-7-14(16)19(21,22)23/h3-10,13H,11-12H2,1-2H3,(H,24,26). The topological polar surface area (TPSA) is 41.6 Å². The number of carbonyl (C=O) groups is 1. The highest BCUT2D eigenvalue weighted by molar-refractivity contribution is 5.95. The van der Waals surface area contributed by atoms with Crippen LogP contribution in [0.1, 0.15) is 12.5 Å². The Kier molecular flexibility index (Phi) is 6.79. The van der Waals surface area contributed by atoms with Crippen LogP contribution in [0.4, 0.5) is 23.2 Å². The molecule has 0 spiro atoms.